The van der Waals surface area contributed by atoms with Gasteiger partial charge in [-0.3, -0.25) is 0 Å². The molecule has 0 bridgehead atoms. The Labute approximate surface area is 120 Å². The number of unbranched alkanes of at least 4 members (excludes halogenated alkanes) is 3. The molecule has 0 radical (unpaired) electrons. The van der Waals surface area contributed by atoms with E-state index in [0.29, 0.717) is 18.2 Å². The molecule has 2 heteroatoms. The van der Waals surface area contributed by atoms with Crippen LogP contribution < -0.4 is 5.32 Å². The van der Waals surface area contributed by atoms with E-state index in [9.17, 15) is 0 Å². The van der Waals surface area contributed by atoms with Crippen LogP contribution in [0.4, 0.5) is 0 Å². The minimum Gasteiger partial charge on any atom is -0.374 e. The number of hydrogen-bond donors (Lipinski definition) is 1. The number of ether oxygens (including phenoxy) is 1. The van der Waals surface area contributed by atoms with Crippen LogP contribution in [0.5, 0.6) is 0 Å². The summed E-state index contributed by atoms with van der Waals surface area (Å²) in [4.78, 5) is 0. The zero-order valence-electron chi connectivity index (χ0n) is 13.6. The lowest BCUT2D eigenvalue weighted by Crippen LogP contribution is -2.45. The molecule has 1 saturated carbocycles. The first kappa shape index (κ1) is 17.0. The minimum atomic E-state index is 0.424. The predicted octanol–water partition coefficient (Wildman–Crippen LogP) is 4.53. The van der Waals surface area contributed by atoms with Crippen LogP contribution in [0.2, 0.25) is 0 Å². The zero-order valence-corrected chi connectivity index (χ0v) is 13.6. The molecule has 4 atom stereocenters. The molecule has 1 fully saturated rings. The van der Waals surface area contributed by atoms with Crippen LogP contribution in [0, 0.1) is 5.92 Å². The van der Waals surface area contributed by atoms with Crippen molar-refractivity contribution in [2.45, 2.75) is 96.8 Å². The highest BCUT2D eigenvalue weighted by molar-refractivity contribution is 4.85. The van der Waals surface area contributed by atoms with Gasteiger partial charge in [0, 0.05) is 6.04 Å². The third-order valence-electron chi connectivity index (χ3n) is 4.72. The Morgan fingerprint density at radius 3 is 2.58 bits per heavy atom. The molecular formula is C17H35NO. The highest BCUT2D eigenvalue weighted by Crippen LogP contribution is 2.30. The fourth-order valence-corrected chi connectivity index (χ4v) is 3.29. The number of nitrogens with one attached hydrogen (secondary N) is 1. The molecule has 0 aromatic rings. The Hall–Kier alpha value is -0.0800. The summed E-state index contributed by atoms with van der Waals surface area (Å²) >= 11 is 0. The SMILES string of the molecule is CCCCCCC(C)OC1CC(CC)CCC1NC. The summed E-state index contributed by atoms with van der Waals surface area (Å²) in [6, 6.07) is 0.570. The third kappa shape index (κ3) is 6.27. The van der Waals surface area contributed by atoms with Crippen molar-refractivity contribution in [2.24, 2.45) is 5.92 Å². The van der Waals surface area contributed by atoms with Crippen molar-refractivity contribution in [2.75, 3.05) is 7.05 Å². The highest BCUT2D eigenvalue weighted by Gasteiger charge is 2.30. The molecule has 0 saturated heterocycles. The van der Waals surface area contributed by atoms with Crippen LogP contribution in [-0.2, 0) is 4.74 Å². The second-order valence-corrected chi connectivity index (χ2v) is 6.32. The molecule has 0 heterocycles. The quantitative estimate of drug-likeness (QED) is 0.621. The average molecular weight is 269 g/mol. The monoisotopic (exact) mass is 269 g/mol. The van der Waals surface area contributed by atoms with Crippen molar-refractivity contribution in [1.29, 1.82) is 0 Å². The Bertz CT molecular complexity index is 219. The van der Waals surface area contributed by atoms with Gasteiger partial charge in [0.2, 0.25) is 0 Å². The molecule has 1 rings (SSSR count). The predicted molar refractivity (Wildman–Crippen MR) is 83.6 cm³/mol. The molecule has 19 heavy (non-hydrogen) atoms. The molecule has 1 aliphatic rings. The maximum Gasteiger partial charge on any atom is 0.0734 e. The lowest BCUT2D eigenvalue weighted by molar-refractivity contribution is -0.0525. The lowest BCUT2D eigenvalue weighted by atomic mass is 9.82. The third-order valence-corrected chi connectivity index (χ3v) is 4.72. The Morgan fingerprint density at radius 2 is 1.95 bits per heavy atom. The van der Waals surface area contributed by atoms with Crippen LogP contribution in [0.25, 0.3) is 0 Å². The van der Waals surface area contributed by atoms with E-state index in [2.05, 4.69) is 33.1 Å². The normalized spacial score (nSPS) is 29.4. The second-order valence-electron chi connectivity index (χ2n) is 6.32. The molecule has 0 amide bonds. The zero-order chi connectivity index (χ0) is 14.1. The van der Waals surface area contributed by atoms with Crippen LogP contribution in [0.15, 0.2) is 0 Å². The van der Waals surface area contributed by atoms with Crippen molar-refractivity contribution < 1.29 is 4.74 Å². The molecule has 2 nitrogen and oxygen atoms in total. The van der Waals surface area contributed by atoms with Gasteiger partial charge in [0.25, 0.3) is 0 Å². The summed E-state index contributed by atoms with van der Waals surface area (Å²) in [7, 11) is 2.08. The van der Waals surface area contributed by atoms with E-state index in [1.54, 1.807) is 0 Å². The van der Waals surface area contributed by atoms with Crippen molar-refractivity contribution in [3.8, 4) is 0 Å². The van der Waals surface area contributed by atoms with Crippen molar-refractivity contribution in [1.82, 2.24) is 5.32 Å². The average Bonchev–Trinajstić information content (AvgIpc) is 2.43. The molecule has 0 spiro atoms. The Morgan fingerprint density at radius 1 is 1.16 bits per heavy atom. The van der Waals surface area contributed by atoms with Gasteiger partial charge in [0.05, 0.1) is 12.2 Å². The second kappa shape index (κ2) is 9.77. The molecule has 4 unspecified atom stereocenters. The van der Waals surface area contributed by atoms with Gasteiger partial charge in [-0.25, -0.2) is 0 Å². The van der Waals surface area contributed by atoms with E-state index in [-0.39, 0.29) is 0 Å². The first-order valence-corrected chi connectivity index (χ1v) is 8.53. The van der Waals surface area contributed by atoms with E-state index < -0.39 is 0 Å². The number of likely N-dealkylation sites (N-methyl/N-ethyl adjacent to an activating group) is 1. The van der Waals surface area contributed by atoms with Gasteiger partial charge in [-0.05, 0) is 45.6 Å². The topological polar surface area (TPSA) is 21.3 Å². The van der Waals surface area contributed by atoms with Gasteiger partial charge < -0.3 is 10.1 Å². The van der Waals surface area contributed by atoms with E-state index in [4.69, 9.17) is 4.74 Å². The largest absolute Gasteiger partial charge is 0.374 e. The Kier molecular flexibility index (Phi) is 8.72. The van der Waals surface area contributed by atoms with Crippen LogP contribution in [0.1, 0.15) is 78.6 Å². The molecule has 0 aromatic heterocycles. The van der Waals surface area contributed by atoms with E-state index in [1.165, 1.54) is 57.8 Å². The van der Waals surface area contributed by atoms with E-state index in [0.717, 1.165) is 5.92 Å². The fraction of sp³-hybridized carbons (Fsp3) is 1.00. The summed E-state index contributed by atoms with van der Waals surface area (Å²) in [6.07, 6.45) is 12.7. The van der Waals surface area contributed by atoms with Crippen LogP contribution in [-0.4, -0.2) is 25.3 Å². The maximum atomic E-state index is 6.34. The summed E-state index contributed by atoms with van der Waals surface area (Å²) < 4.78 is 6.34. The highest BCUT2D eigenvalue weighted by atomic mass is 16.5. The summed E-state index contributed by atoms with van der Waals surface area (Å²) in [5.74, 6) is 0.877. The van der Waals surface area contributed by atoms with Crippen molar-refractivity contribution in [3.63, 3.8) is 0 Å². The molecule has 0 aliphatic heterocycles. The van der Waals surface area contributed by atoms with E-state index >= 15 is 0 Å². The summed E-state index contributed by atoms with van der Waals surface area (Å²) in [5, 5.41) is 3.46. The molecule has 0 aromatic carbocycles. The first-order chi connectivity index (χ1) is 9.21. The van der Waals surface area contributed by atoms with Crippen LogP contribution >= 0.6 is 0 Å². The fourth-order valence-electron chi connectivity index (χ4n) is 3.29. The standard InChI is InChI=1S/C17H35NO/c1-5-7-8-9-10-14(3)19-17-13-15(6-2)11-12-16(17)18-4/h14-18H,5-13H2,1-4H3. The van der Waals surface area contributed by atoms with Gasteiger partial charge >= 0.3 is 0 Å². The van der Waals surface area contributed by atoms with Gasteiger partial charge in [-0.15, -0.1) is 0 Å². The molecular weight excluding hydrogens is 234 g/mol. The summed E-state index contributed by atoms with van der Waals surface area (Å²) in [6.45, 7) is 6.84. The minimum absolute atomic E-state index is 0.424. The first-order valence-electron chi connectivity index (χ1n) is 8.53. The lowest BCUT2D eigenvalue weighted by Gasteiger charge is -2.37. The van der Waals surface area contributed by atoms with Crippen LogP contribution in [0.3, 0.4) is 0 Å². The number of rotatable bonds is 9. The maximum absolute atomic E-state index is 6.34. The Balaban J connectivity index is 2.30. The van der Waals surface area contributed by atoms with E-state index in [1.807, 2.05) is 0 Å². The molecule has 1 N–H and O–H groups in total. The summed E-state index contributed by atoms with van der Waals surface area (Å²) in [5.41, 5.74) is 0. The smallest absolute Gasteiger partial charge is 0.0734 e. The van der Waals surface area contributed by atoms with Gasteiger partial charge in [0.1, 0.15) is 0 Å². The van der Waals surface area contributed by atoms with Gasteiger partial charge in [-0.1, -0.05) is 46.0 Å². The van der Waals surface area contributed by atoms with Gasteiger partial charge in [-0.2, -0.15) is 0 Å². The molecule has 114 valence electrons. The van der Waals surface area contributed by atoms with Crippen molar-refractivity contribution >= 4 is 0 Å². The molecule has 1 aliphatic carbocycles. The van der Waals surface area contributed by atoms with Crippen molar-refractivity contribution in [3.05, 3.63) is 0 Å². The number of hydrogen-bond acceptors (Lipinski definition) is 2. The van der Waals surface area contributed by atoms with Gasteiger partial charge in [0.15, 0.2) is 0 Å².